The highest BCUT2D eigenvalue weighted by Crippen LogP contribution is 2.01. The van der Waals surface area contributed by atoms with Gasteiger partial charge in [0.15, 0.2) is 0 Å². The second-order valence-corrected chi connectivity index (χ2v) is 3.74. The number of amides is 1. The number of carbonyl (C=O) groups is 2. The Hall–Kier alpha value is -2.08. The van der Waals surface area contributed by atoms with Crippen molar-refractivity contribution in [1.29, 1.82) is 0 Å². The predicted molar refractivity (Wildman–Crippen MR) is 60.2 cm³/mol. The third-order valence-corrected chi connectivity index (χ3v) is 2.22. The van der Waals surface area contributed by atoms with Crippen LogP contribution in [0.1, 0.15) is 12.5 Å². The Kier molecular flexibility index (Phi) is 5.13. The summed E-state index contributed by atoms with van der Waals surface area (Å²) in [6.07, 6.45) is -2.19. The van der Waals surface area contributed by atoms with Crippen molar-refractivity contribution >= 4 is 12.1 Å². The smallest absolute Gasteiger partial charge is 0.408 e. The number of ether oxygens (including phenoxy) is 1. The fourth-order valence-corrected chi connectivity index (χ4v) is 1.27. The molecule has 2 atom stereocenters. The molecule has 0 unspecified atom stereocenters. The van der Waals surface area contributed by atoms with E-state index in [1.165, 1.54) is 6.92 Å². The van der Waals surface area contributed by atoms with Crippen LogP contribution < -0.4 is 10.4 Å². The Bertz CT molecular complexity index is 404. The topological polar surface area (TPSA) is 98.7 Å². The third-order valence-electron chi connectivity index (χ3n) is 2.22. The fraction of sp³-hybridized carbons (Fsp3) is 0.333. The monoisotopic (exact) mass is 252 g/mol. The molecule has 18 heavy (non-hydrogen) atoms. The van der Waals surface area contributed by atoms with Gasteiger partial charge in [0.05, 0.1) is 18.1 Å². The van der Waals surface area contributed by atoms with Gasteiger partial charge < -0.3 is 25.1 Å². The minimum Gasteiger partial charge on any atom is -0.548 e. The number of carboxylic acid groups (broad SMARTS) is 1. The molecule has 1 rings (SSSR count). The van der Waals surface area contributed by atoms with E-state index in [0.29, 0.717) is 0 Å². The van der Waals surface area contributed by atoms with Crippen LogP contribution in [0, 0.1) is 0 Å². The number of hydrogen-bond acceptors (Lipinski definition) is 5. The van der Waals surface area contributed by atoms with Crippen molar-refractivity contribution in [2.75, 3.05) is 0 Å². The number of carbonyl (C=O) groups excluding carboxylic acids is 2. The zero-order valence-electron chi connectivity index (χ0n) is 9.83. The maximum atomic E-state index is 11.3. The van der Waals surface area contributed by atoms with Gasteiger partial charge in [0.2, 0.25) is 0 Å². The van der Waals surface area contributed by atoms with Crippen LogP contribution in [0.3, 0.4) is 0 Å². The zero-order valence-corrected chi connectivity index (χ0v) is 9.83. The standard InChI is InChI=1S/C12H15NO5/c1-8(14)10(11(15)16)13-12(17)18-7-9-5-3-2-4-6-9/h2-6,8,10,14H,7H2,1H3,(H,13,17)(H,15,16)/p-1/t8-,10+/m0/s1. The molecule has 1 amide bonds. The van der Waals surface area contributed by atoms with E-state index in [1.807, 2.05) is 11.4 Å². The quantitative estimate of drug-likeness (QED) is 0.730. The SMILES string of the molecule is C[C@H](O)[C@@H](NC(=O)OCc1ccccc1)C(=O)[O-]. The van der Waals surface area contributed by atoms with Crippen LogP contribution in [0.4, 0.5) is 4.79 Å². The Morgan fingerprint density at radius 2 is 2.00 bits per heavy atom. The molecule has 1 aromatic rings. The van der Waals surface area contributed by atoms with E-state index in [-0.39, 0.29) is 6.61 Å². The molecule has 2 N–H and O–H groups in total. The van der Waals surface area contributed by atoms with E-state index >= 15 is 0 Å². The molecule has 0 aromatic heterocycles. The number of benzene rings is 1. The Balaban J connectivity index is 2.44. The van der Waals surface area contributed by atoms with E-state index in [9.17, 15) is 14.7 Å². The maximum absolute atomic E-state index is 11.3. The summed E-state index contributed by atoms with van der Waals surface area (Å²) in [4.78, 5) is 21.9. The van der Waals surface area contributed by atoms with Crippen molar-refractivity contribution in [2.24, 2.45) is 0 Å². The molecule has 6 nitrogen and oxygen atoms in total. The van der Waals surface area contributed by atoms with Crippen molar-refractivity contribution in [3.05, 3.63) is 35.9 Å². The molecule has 0 saturated carbocycles. The van der Waals surface area contributed by atoms with Crippen LogP contribution in [-0.4, -0.2) is 29.3 Å². The first-order valence-electron chi connectivity index (χ1n) is 5.37. The van der Waals surface area contributed by atoms with Gasteiger partial charge in [0, 0.05) is 0 Å². The molecule has 0 fully saturated rings. The molecule has 0 radical (unpaired) electrons. The number of nitrogens with one attached hydrogen (secondary N) is 1. The summed E-state index contributed by atoms with van der Waals surface area (Å²) >= 11 is 0. The van der Waals surface area contributed by atoms with Gasteiger partial charge in [-0.3, -0.25) is 0 Å². The van der Waals surface area contributed by atoms with Crippen LogP contribution in [-0.2, 0) is 16.1 Å². The van der Waals surface area contributed by atoms with Crippen LogP contribution in [0.5, 0.6) is 0 Å². The Labute approximate surface area is 104 Å². The van der Waals surface area contributed by atoms with Crippen LogP contribution >= 0.6 is 0 Å². The third kappa shape index (κ3) is 4.42. The lowest BCUT2D eigenvalue weighted by Gasteiger charge is -2.21. The first-order chi connectivity index (χ1) is 8.50. The summed E-state index contributed by atoms with van der Waals surface area (Å²) in [5.41, 5.74) is 0.773. The highest BCUT2D eigenvalue weighted by Gasteiger charge is 2.19. The summed E-state index contributed by atoms with van der Waals surface area (Å²) in [6.45, 7) is 1.25. The lowest BCUT2D eigenvalue weighted by molar-refractivity contribution is -0.310. The van der Waals surface area contributed by atoms with Gasteiger partial charge in [-0.2, -0.15) is 0 Å². The van der Waals surface area contributed by atoms with Gasteiger partial charge in [0.1, 0.15) is 6.61 Å². The highest BCUT2D eigenvalue weighted by atomic mass is 16.5. The van der Waals surface area contributed by atoms with Crippen molar-refractivity contribution in [3.63, 3.8) is 0 Å². The first kappa shape index (κ1) is 14.0. The zero-order chi connectivity index (χ0) is 13.5. The minimum absolute atomic E-state index is 0.0201. The lowest BCUT2D eigenvalue weighted by Crippen LogP contribution is -2.53. The summed E-state index contributed by atoms with van der Waals surface area (Å²) in [7, 11) is 0. The molecule has 6 heteroatoms. The van der Waals surface area contributed by atoms with Gasteiger partial charge in [-0.05, 0) is 12.5 Å². The number of carboxylic acids is 1. The molecule has 98 valence electrons. The van der Waals surface area contributed by atoms with Gasteiger partial charge in [0.25, 0.3) is 0 Å². The number of aliphatic hydroxyl groups is 1. The van der Waals surface area contributed by atoms with Gasteiger partial charge in [-0.15, -0.1) is 0 Å². The number of alkyl carbamates (subject to hydrolysis) is 1. The average Bonchev–Trinajstić information content (AvgIpc) is 2.34. The van der Waals surface area contributed by atoms with Gasteiger partial charge >= 0.3 is 6.09 Å². The predicted octanol–water partition coefficient (Wildman–Crippen LogP) is -0.588. The van der Waals surface area contributed by atoms with Crippen molar-refractivity contribution < 1.29 is 24.5 Å². The van der Waals surface area contributed by atoms with Crippen molar-refractivity contribution in [1.82, 2.24) is 5.32 Å². The molecule has 1 aromatic carbocycles. The molecule has 0 aliphatic rings. The number of aliphatic hydroxyl groups excluding tert-OH is 1. The van der Waals surface area contributed by atoms with E-state index in [2.05, 4.69) is 0 Å². The summed E-state index contributed by atoms with van der Waals surface area (Å²) < 4.78 is 4.81. The van der Waals surface area contributed by atoms with E-state index in [0.717, 1.165) is 5.56 Å². The first-order valence-corrected chi connectivity index (χ1v) is 5.37. The number of hydrogen-bond donors (Lipinski definition) is 2. The van der Waals surface area contributed by atoms with E-state index in [4.69, 9.17) is 9.84 Å². The molecule has 0 saturated heterocycles. The molecule has 0 spiro atoms. The van der Waals surface area contributed by atoms with E-state index in [1.54, 1.807) is 24.3 Å². The second kappa shape index (κ2) is 6.61. The van der Waals surface area contributed by atoms with Gasteiger partial charge in [-0.25, -0.2) is 4.79 Å². The average molecular weight is 252 g/mol. The second-order valence-electron chi connectivity index (χ2n) is 3.74. The molecule has 0 heterocycles. The molecule has 0 aliphatic carbocycles. The van der Waals surface area contributed by atoms with Crippen molar-refractivity contribution in [3.8, 4) is 0 Å². The Morgan fingerprint density at radius 1 is 1.39 bits per heavy atom. The summed E-state index contributed by atoms with van der Waals surface area (Å²) in [5, 5.41) is 21.7. The lowest BCUT2D eigenvalue weighted by atomic mass is 10.2. The minimum atomic E-state index is -1.57. The molecule has 0 bridgehead atoms. The summed E-state index contributed by atoms with van der Waals surface area (Å²) in [6, 6.07) is 7.43. The highest BCUT2D eigenvalue weighted by molar-refractivity contribution is 5.79. The Morgan fingerprint density at radius 3 is 2.50 bits per heavy atom. The number of aliphatic carboxylic acids is 1. The van der Waals surface area contributed by atoms with Crippen LogP contribution in [0.2, 0.25) is 0 Å². The fourth-order valence-electron chi connectivity index (χ4n) is 1.27. The van der Waals surface area contributed by atoms with Crippen molar-refractivity contribution in [2.45, 2.75) is 25.7 Å². The molecule has 0 aliphatic heterocycles. The van der Waals surface area contributed by atoms with E-state index < -0.39 is 24.2 Å². The molecular weight excluding hydrogens is 238 g/mol. The largest absolute Gasteiger partial charge is 0.548 e. The normalized spacial score (nSPS) is 13.4. The van der Waals surface area contributed by atoms with Crippen LogP contribution in [0.15, 0.2) is 30.3 Å². The van der Waals surface area contributed by atoms with Gasteiger partial charge in [-0.1, -0.05) is 30.3 Å². The number of rotatable bonds is 5. The van der Waals surface area contributed by atoms with Crippen LogP contribution in [0.25, 0.3) is 0 Å². The maximum Gasteiger partial charge on any atom is 0.408 e. The molecular formula is C12H14NO5-. The summed E-state index contributed by atoms with van der Waals surface area (Å²) in [5.74, 6) is -1.57.